The van der Waals surface area contributed by atoms with Crippen LogP contribution in [0.2, 0.25) is 0 Å². The maximum absolute atomic E-state index is 11.9. The molecule has 1 aliphatic heterocycles. The van der Waals surface area contributed by atoms with Crippen molar-refractivity contribution in [1.82, 2.24) is 10.2 Å². The Morgan fingerprint density at radius 3 is 2.42 bits per heavy atom. The van der Waals surface area contributed by atoms with Gasteiger partial charge in [-0.1, -0.05) is 6.42 Å². The molecular formula is C13H22N2O4. The van der Waals surface area contributed by atoms with Crippen LogP contribution in [0.4, 0.5) is 4.79 Å². The lowest BCUT2D eigenvalue weighted by Gasteiger charge is -2.33. The van der Waals surface area contributed by atoms with Gasteiger partial charge in [0.1, 0.15) is 6.61 Å². The maximum Gasteiger partial charge on any atom is 0.329 e. The van der Waals surface area contributed by atoms with E-state index in [2.05, 4.69) is 5.32 Å². The average molecular weight is 270 g/mol. The van der Waals surface area contributed by atoms with E-state index in [0.717, 1.165) is 6.54 Å². The monoisotopic (exact) mass is 270 g/mol. The van der Waals surface area contributed by atoms with Gasteiger partial charge in [0, 0.05) is 19.6 Å². The fourth-order valence-electron chi connectivity index (χ4n) is 2.46. The molecule has 0 bridgehead atoms. The highest BCUT2D eigenvalue weighted by Crippen LogP contribution is 2.25. The molecule has 1 aliphatic carbocycles. The van der Waals surface area contributed by atoms with Gasteiger partial charge in [-0.25, -0.2) is 9.59 Å². The molecule has 6 heteroatoms. The fourth-order valence-corrected chi connectivity index (χ4v) is 2.46. The highest BCUT2D eigenvalue weighted by molar-refractivity contribution is 5.74. The summed E-state index contributed by atoms with van der Waals surface area (Å²) in [6.45, 7) is 1.81. The SMILES string of the molecule is O=C(O)COC1CCN(C(=O)NCC2CCC2)CC1. The summed E-state index contributed by atoms with van der Waals surface area (Å²) in [6, 6.07) is 0.00332. The average Bonchev–Trinajstić information content (AvgIpc) is 2.35. The molecule has 2 fully saturated rings. The van der Waals surface area contributed by atoms with E-state index >= 15 is 0 Å². The molecule has 0 spiro atoms. The van der Waals surface area contributed by atoms with E-state index in [1.54, 1.807) is 4.90 Å². The van der Waals surface area contributed by atoms with Crippen molar-refractivity contribution in [3.63, 3.8) is 0 Å². The minimum atomic E-state index is -0.944. The first-order valence-corrected chi connectivity index (χ1v) is 7.01. The Hall–Kier alpha value is -1.30. The molecule has 108 valence electrons. The summed E-state index contributed by atoms with van der Waals surface area (Å²) < 4.78 is 5.24. The van der Waals surface area contributed by atoms with Gasteiger partial charge in [0.15, 0.2) is 0 Å². The van der Waals surface area contributed by atoms with Crippen molar-refractivity contribution in [2.24, 2.45) is 5.92 Å². The van der Waals surface area contributed by atoms with Gasteiger partial charge in [-0.15, -0.1) is 0 Å². The summed E-state index contributed by atoms with van der Waals surface area (Å²) in [5.41, 5.74) is 0. The van der Waals surface area contributed by atoms with Crippen molar-refractivity contribution >= 4 is 12.0 Å². The number of aliphatic carboxylic acids is 1. The van der Waals surface area contributed by atoms with Crippen molar-refractivity contribution in [1.29, 1.82) is 0 Å². The number of nitrogens with zero attached hydrogens (tertiary/aromatic N) is 1. The van der Waals surface area contributed by atoms with Crippen molar-refractivity contribution in [3.8, 4) is 0 Å². The van der Waals surface area contributed by atoms with E-state index in [0.29, 0.717) is 31.8 Å². The molecule has 0 aromatic rings. The Morgan fingerprint density at radius 1 is 1.21 bits per heavy atom. The van der Waals surface area contributed by atoms with Crippen molar-refractivity contribution in [2.45, 2.75) is 38.2 Å². The van der Waals surface area contributed by atoms with Gasteiger partial charge < -0.3 is 20.1 Å². The van der Waals surface area contributed by atoms with E-state index in [9.17, 15) is 9.59 Å². The molecule has 0 unspecified atom stereocenters. The van der Waals surface area contributed by atoms with Crippen LogP contribution in [-0.2, 0) is 9.53 Å². The minimum Gasteiger partial charge on any atom is -0.480 e. The summed E-state index contributed by atoms with van der Waals surface area (Å²) in [5.74, 6) is -0.277. The van der Waals surface area contributed by atoms with Crippen LogP contribution in [0.5, 0.6) is 0 Å². The number of rotatable bonds is 5. The van der Waals surface area contributed by atoms with Gasteiger partial charge in [-0.05, 0) is 31.6 Å². The largest absolute Gasteiger partial charge is 0.480 e. The number of hydrogen-bond donors (Lipinski definition) is 2. The lowest BCUT2D eigenvalue weighted by molar-refractivity contribution is -0.145. The Morgan fingerprint density at radius 2 is 1.89 bits per heavy atom. The first kappa shape index (κ1) is 14.1. The van der Waals surface area contributed by atoms with Crippen LogP contribution in [-0.4, -0.2) is 54.4 Å². The summed E-state index contributed by atoms with van der Waals surface area (Å²) in [6.07, 6.45) is 5.13. The normalized spacial score (nSPS) is 20.9. The van der Waals surface area contributed by atoms with E-state index in [1.807, 2.05) is 0 Å². The molecule has 0 aromatic carbocycles. The van der Waals surface area contributed by atoms with Crippen LogP contribution in [0.25, 0.3) is 0 Å². The highest BCUT2D eigenvalue weighted by Gasteiger charge is 2.25. The topological polar surface area (TPSA) is 78.9 Å². The third-order valence-corrected chi connectivity index (χ3v) is 3.94. The molecule has 6 nitrogen and oxygen atoms in total. The highest BCUT2D eigenvalue weighted by atomic mass is 16.5. The zero-order chi connectivity index (χ0) is 13.7. The van der Waals surface area contributed by atoms with Crippen LogP contribution in [0.3, 0.4) is 0 Å². The van der Waals surface area contributed by atoms with E-state index in [-0.39, 0.29) is 18.7 Å². The molecule has 2 N–H and O–H groups in total. The zero-order valence-corrected chi connectivity index (χ0v) is 11.1. The first-order chi connectivity index (χ1) is 9.15. The Labute approximate surface area is 113 Å². The van der Waals surface area contributed by atoms with Crippen molar-refractivity contribution < 1.29 is 19.4 Å². The molecule has 0 radical (unpaired) electrons. The third kappa shape index (κ3) is 4.38. The van der Waals surface area contributed by atoms with Crippen LogP contribution in [0, 0.1) is 5.92 Å². The second-order valence-electron chi connectivity index (χ2n) is 5.37. The van der Waals surface area contributed by atoms with Gasteiger partial charge in [0.05, 0.1) is 6.10 Å². The van der Waals surface area contributed by atoms with Gasteiger partial charge >= 0.3 is 12.0 Å². The van der Waals surface area contributed by atoms with Gasteiger partial charge in [0.25, 0.3) is 0 Å². The molecule has 0 atom stereocenters. The van der Waals surface area contributed by atoms with E-state index in [4.69, 9.17) is 9.84 Å². The molecular weight excluding hydrogens is 248 g/mol. The van der Waals surface area contributed by atoms with Crippen molar-refractivity contribution in [2.75, 3.05) is 26.2 Å². The molecule has 19 heavy (non-hydrogen) atoms. The lowest BCUT2D eigenvalue weighted by Crippen LogP contribution is -2.47. The Bertz CT molecular complexity index is 323. The summed E-state index contributed by atoms with van der Waals surface area (Å²) >= 11 is 0. The number of ether oxygens (including phenoxy) is 1. The molecule has 1 heterocycles. The number of amides is 2. The zero-order valence-electron chi connectivity index (χ0n) is 11.1. The van der Waals surface area contributed by atoms with Crippen LogP contribution in [0.1, 0.15) is 32.1 Å². The van der Waals surface area contributed by atoms with Gasteiger partial charge in [-0.2, -0.15) is 0 Å². The summed E-state index contributed by atoms with van der Waals surface area (Å²) in [5, 5.41) is 11.5. The number of carboxylic acid groups (broad SMARTS) is 1. The summed E-state index contributed by atoms with van der Waals surface area (Å²) in [4.78, 5) is 24.1. The number of nitrogens with one attached hydrogen (secondary N) is 1. The number of piperidine rings is 1. The number of hydrogen-bond acceptors (Lipinski definition) is 3. The molecule has 2 aliphatic rings. The number of carboxylic acids is 1. The number of urea groups is 1. The molecule has 2 amide bonds. The number of carbonyl (C=O) groups is 2. The minimum absolute atomic E-state index is 0.00332. The molecule has 0 aromatic heterocycles. The second-order valence-corrected chi connectivity index (χ2v) is 5.37. The summed E-state index contributed by atoms with van der Waals surface area (Å²) in [7, 11) is 0. The second kappa shape index (κ2) is 6.75. The maximum atomic E-state index is 11.9. The number of carbonyl (C=O) groups excluding carboxylic acids is 1. The predicted octanol–water partition coefficient (Wildman–Crippen LogP) is 1.06. The standard InChI is InChI=1S/C13H22N2O4/c16-12(17)9-19-11-4-6-15(7-5-11)13(18)14-8-10-2-1-3-10/h10-11H,1-9H2,(H,14,18)(H,16,17). The third-order valence-electron chi connectivity index (χ3n) is 3.94. The predicted molar refractivity (Wildman–Crippen MR) is 68.9 cm³/mol. The van der Waals surface area contributed by atoms with E-state index < -0.39 is 5.97 Å². The quantitative estimate of drug-likeness (QED) is 0.783. The molecule has 1 saturated heterocycles. The van der Waals surface area contributed by atoms with Gasteiger partial charge in [-0.3, -0.25) is 0 Å². The van der Waals surface area contributed by atoms with Crippen molar-refractivity contribution in [3.05, 3.63) is 0 Å². The fraction of sp³-hybridized carbons (Fsp3) is 0.846. The lowest BCUT2D eigenvalue weighted by atomic mass is 9.85. The van der Waals surface area contributed by atoms with Crippen LogP contribution < -0.4 is 5.32 Å². The van der Waals surface area contributed by atoms with Gasteiger partial charge in [0.2, 0.25) is 0 Å². The smallest absolute Gasteiger partial charge is 0.329 e. The first-order valence-electron chi connectivity index (χ1n) is 7.01. The molecule has 2 rings (SSSR count). The van der Waals surface area contributed by atoms with E-state index in [1.165, 1.54) is 19.3 Å². The Balaban J connectivity index is 1.61. The molecule has 1 saturated carbocycles. The number of likely N-dealkylation sites (tertiary alicyclic amines) is 1. The van der Waals surface area contributed by atoms with Crippen LogP contribution >= 0.6 is 0 Å². The Kier molecular flexibility index (Phi) is 5.01. The van der Waals surface area contributed by atoms with Crippen LogP contribution in [0.15, 0.2) is 0 Å².